The molecule has 3 rings (SSSR count). The number of rotatable bonds is 5. The summed E-state index contributed by atoms with van der Waals surface area (Å²) in [6, 6.07) is 7.65. The third-order valence-electron chi connectivity index (χ3n) is 4.49. The Morgan fingerprint density at radius 2 is 2.04 bits per heavy atom. The van der Waals surface area contributed by atoms with Crippen molar-refractivity contribution in [3.05, 3.63) is 29.3 Å². The fourth-order valence-electron chi connectivity index (χ4n) is 3.20. The number of nitrogens with one attached hydrogen (secondary N) is 1. The van der Waals surface area contributed by atoms with Crippen molar-refractivity contribution in [2.45, 2.75) is 44.4 Å². The van der Waals surface area contributed by atoms with E-state index in [9.17, 15) is 13.2 Å². The van der Waals surface area contributed by atoms with Crippen LogP contribution >= 0.6 is 11.3 Å². The minimum Gasteiger partial charge on any atom is -0.352 e. The van der Waals surface area contributed by atoms with Gasteiger partial charge < -0.3 is 5.32 Å². The van der Waals surface area contributed by atoms with Crippen molar-refractivity contribution in [1.29, 1.82) is 0 Å². The first-order valence-electron chi connectivity index (χ1n) is 8.27. The van der Waals surface area contributed by atoms with Gasteiger partial charge in [0.25, 0.3) is 0 Å². The van der Waals surface area contributed by atoms with Gasteiger partial charge in [0.05, 0.1) is 10.2 Å². The predicted molar refractivity (Wildman–Crippen MR) is 96.7 cm³/mol. The van der Waals surface area contributed by atoms with Gasteiger partial charge in [0.2, 0.25) is 5.91 Å². The molecule has 1 aliphatic carbocycles. The van der Waals surface area contributed by atoms with Crippen LogP contribution in [-0.4, -0.2) is 31.1 Å². The van der Waals surface area contributed by atoms with Crippen LogP contribution in [0.5, 0.6) is 0 Å². The van der Waals surface area contributed by atoms with Crippen LogP contribution in [0.25, 0.3) is 10.2 Å². The zero-order chi connectivity index (χ0) is 17.2. The molecule has 24 heavy (non-hydrogen) atoms. The Kier molecular flexibility index (Phi) is 5.20. The maximum Gasteiger partial charge on any atom is 0.235 e. The number of amides is 1. The van der Waals surface area contributed by atoms with Gasteiger partial charge in [-0.3, -0.25) is 4.79 Å². The number of aromatic nitrogens is 1. The highest BCUT2D eigenvalue weighted by Gasteiger charge is 2.25. The summed E-state index contributed by atoms with van der Waals surface area (Å²) in [5.74, 6) is -0.629. The molecule has 1 aliphatic rings. The van der Waals surface area contributed by atoms with Crippen molar-refractivity contribution in [3.63, 3.8) is 0 Å². The number of fused-ring (bicyclic) bond motifs is 1. The van der Waals surface area contributed by atoms with Crippen LogP contribution in [-0.2, 0) is 20.4 Å². The lowest BCUT2D eigenvalue weighted by Gasteiger charge is -2.29. The van der Waals surface area contributed by atoms with E-state index in [4.69, 9.17) is 0 Å². The Labute approximate surface area is 146 Å². The summed E-state index contributed by atoms with van der Waals surface area (Å²) < 4.78 is 25.6. The third-order valence-corrected chi connectivity index (χ3v) is 7.12. The lowest BCUT2D eigenvalue weighted by Crippen LogP contribution is -2.43. The average Bonchev–Trinajstić information content (AvgIpc) is 2.90. The van der Waals surface area contributed by atoms with E-state index in [0.717, 1.165) is 29.5 Å². The Hall–Kier alpha value is -1.47. The number of hydrogen-bond acceptors (Lipinski definition) is 5. The van der Waals surface area contributed by atoms with Crippen molar-refractivity contribution < 1.29 is 13.2 Å². The standard InChI is InChI=1S/C17H22N2O3S2/c1-12-6-2-3-7-13(12)18-16(20)10-24(21,22)11-17-19-14-8-4-5-9-15(14)23-17/h4-5,8-9,12-13H,2-3,6-7,10-11H2,1H3,(H,18,20)/t12-,13+/m1/s1. The smallest absolute Gasteiger partial charge is 0.235 e. The van der Waals surface area contributed by atoms with Gasteiger partial charge in [0.15, 0.2) is 9.84 Å². The molecule has 7 heteroatoms. The zero-order valence-electron chi connectivity index (χ0n) is 13.7. The molecule has 130 valence electrons. The van der Waals surface area contributed by atoms with E-state index in [1.807, 2.05) is 24.3 Å². The third kappa shape index (κ3) is 4.33. The Morgan fingerprint density at radius 1 is 1.29 bits per heavy atom. The zero-order valence-corrected chi connectivity index (χ0v) is 15.3. The van der Waals surface area contributed by atoms with E-state index in [1.54, 1.807) is 0 Å². The Balaban J connectivity index is 1.61. The summed E-state index contributed by atoms with van der Waals surface area (Å²) in [5, 5.41) is 3.44. The quantitative estimate of drug-likeness (QED) is 0.883. The molecule has 1 aromatic heterocycles. The number of carbonyl (C=O) groups excluding carboxylic acids is 1. The highest BCUT2D eigenvalue weighted by atomic mass is 32.2. The molecule has 0 bridgehead atoms. The lowest BCUT2D eigenvalue weighted by molar-refractivity contribution is -0.119. The van der Waals surface area contributed by atoms with E-state index in [-0.39, 0.29) is 11.8 Å². The SMILES string of the molecule is C[C@@H]1CCCC[C@@H]1NC(=O)CS(=O)(=O)Cc1nc2ccccc2s1. The summed E-state index contributed by atoms with van der Waals surface area (Å²) in [4.78, 5) is 16.5. The molecular formula is C17H22N2O3S2. The molecular weight excluding hydrogens is 344 g/mol. The molecule has 2 aromatic rings. The van der Waals surface area contributed by atoms with E-state index >= 15 is 0 Å². The minimum absolute atomic E-state index is 0.101. The van der Waals surface area contributed by atoms with Gasteiger partial charge in [-0.15, -0.1) is 11.3 Å². The van der Waals surface area contributed by atoms with Crippen molar-refractivity contribution in [2.75, 3.05) is 5.75 Å². The molecule has 1 amide bonds. The van der Waals surface area contributed by atoms with Gasteiger partial charge in [-0.05, 0) is 30.9 Å². The predicted octanol–water partition coefficient (Wildman–Crippen LogP) is 2.91. The van der Waals surface area contributed by atoms with Crippen LogP contribution in [0.15, 0.2) is 24.3 Å². The van der Waals surface area contributed by atoms with Crippen molar-refractivity contribution in [2.24, 2.45) is 5.92 Å². The first-order valence-corrected chi connectivity index (χ1v) is 10.9. The molecule has 0 unspecified atom stereocenters. The molecule has 1 fully saturated rings. The van der Waals surface area contributed by atoms with Crippen LogP contribution in [0.1, 0.15) is 37.6 Å². The number of para-hydroxylation sites is 1. The second-order valence-corrected chi connectivity index (χ2v) is 9.72. The maximum absolute atomic E-state index is 12.3. The van der Waals surface area contributed by atoms with Crippen LogP contribution < -0.4 is 5.32 Å². The normalized spacial score (nSPS) is 21.7. The molecule has 1 aromatic carbocycles. The Morgan fingerprint density at radius 3 is 2.79 bits per heavy atom. The topological polar surface area (TPSA) is 76.1 Å². The largest absolute Gasteiger partial charge is 0.352 e. The molecule has 2 atom stereocenters. The maximum atomic E-state index is 12.3. The number of benzene rings is 1. The summed E-state index contributed by atoms with van der Waals surface area (Å²) in [6.07, 6.45) is 4.30. The molecule has 1 heterocycles. The van der Waals surface area contributed by atoms with Crippen molar-refractivity contribution in [1.82, 2.24) is 10.3 Å². The van der Waals surface area contributed by atoms with Crippen molar-refractivity contribution in [3.8, 4) is 0 Å². The molecule has 1 saturated carbocycles. The summed E-state index contributed by atoms with van der Waals surface area (Å²) in [7, 11) is -3.51. The average molecular weight is 367 g/mol. The number of carbonyl (C=O) groups is 1. The molecule has 1 N–H and O–H groups in total. The van der Waals surface area contributed by atoms with E-state index in [1.165, 1.54) is 17.8 Å². The van der Waals surface area contributed by atoms with Crippen LogP contribution in [0, 0.1) is 5.92 Å². The molecule has 5 nitrogen and oxygen atoms in total. The van der Waals surface area contributed by atoms with Crippen LogP contribution in [0.4, 0.5) is 0 Å². The van der Waals surface area contributed by atoms with E-state index < -0.39 is 21.5 Å². The molecule has 0 spiro atoms. The summed E-state index contributed by atoms with van der Waals surface area (Å²) in [5.41, 5.74) is 0.799. The highest BCUT2D eigenvalue weighted by molar-refractivity contribution is 7.91. The second-order valence-electron chi connectivity index (χ2n) is 6.54. The minimum atomic E-state index is -3.51. The second kappa shape index (κ2) is 7.19. The van der Waals surface area contributed by atoms with Gasteiger partial charge >= 0.3 is 0 Å². The lowest BCUT2D eigenvalue weighted by atomic mass is 9.86. The van der Waals surface area contributed by atoms with Gasteiger partial charge in [-0.25, -0.2) is 13.4 Å². The van der Waals surface area contributed by atoms with Crippen molar-refractivity contribution >= 4 is 37.3 Å². The van der Waals surface area contributed by atoms with E-state index in [2.05, 4.69) is 17.2 Å². The molecule has 0 saturated heterocycles. The fraction of sp³-hybridized carbons (Fsp3) is 0.529. The number of thiazole rings is 1. The first-order chi connectivity index (χ1) is 11.4. The monoisotopic (exact) mass is 366 g/mol. The summed E-state index contributed by atoms with van der Waals surface area (Å²) in [6.45, 7) is 2.11. The van der Waals surface area contributed by atoms with Gasteiger partial charge in [0, 0.05) is 6.04 Å². The highest BCUT2D eigenvalue weighted by Crippen LogP contribution is 2.24. The first kappa shape index (κ1) is 17.4. The van der Waals surface area contributed by atoms with Gasteiger partial charge in [0.1, 0.15) is 16.5 Å². The molecule has 0 radical (unpaired) electrons. The number of hydrogen-bond donors (Lipinski definition) is 1. The Bertz CT molecular complexity index is 796. The van der Waals surface area contributed by atoms with Gasteiger partial charge in [-0.1, -0.05) is 31.9 Å². The number of nitrogens with zero attached hydrogens (tertiary/aromatic N) is 1. The van der Waals surface area contributed by atoms with Gasteiger partial charge in [-0.2, -0.15) is 0 Å². The van der Waals surface area contributed by atoms with E-state index in [0.29, 0.717) is 10.9 Å². The fourth-order valence-corrected chi connectivity index (χ4v) is 5.76. The molecule has 0 aliphatic heterocycles. The summed E-state index contributed by atoms with van der Waals surface area (Å²) >= 11 is 1.37. The van der Waals surface area contributed by atoms with Crippen LogP contribution in [0.3, 0.4) is 0 Å². The van der Waals surface area contributed by atoms with Crippen LogP contribution in [0.2, 0.25) is 0 Å². The number of sulfone groups is 1.